The normalized spacial score (nSPS) is 24.0. The Bertz CT molecular complexity index is 923. The van der Waals surface area contributed by atoms with Gasteiger partial charge in [0.25, 0.3) is 0 Å². The average Bonchev–Trinajstić information content (AvgIpc) is 3.29. The highest BCUT2D eigenvalue weighted by atomic mass is 32.2. The fourth-order valence-corrected chi connectivity index (χ4v) is 5.55. The van der Waals surface area contributed by atoms with Crippen LogP contribution in [0.4, 0.5) is 0 Å². The lowest BCUT2D eigenvalue weighted by Crippen LogP contribution is -2.50. The van der Waals surface area contributed by atoms with E-state index in [1.807, 2.05) is 31.6 Å². The first kappa shape index (κ1) is 19.6. The number of fused-ring (bicyclic) bond motifs is 1. The minimum atomic E-state index is -3.52. The third-order valence-corrected chi connectivity index (χ3v) is 7.56. The molecule has 2 aliphatic rings. The zero-order valence-electron chi connectivity index (χ0n) is 16.7. The van der Waals surface area contributed by atoms with Gasteiger partial charge in [-0.25, -0.2) is 8.42 Å². The molecular formula is C20H28N4O3S. The monoisotopic (exact) mass is 404 g/mol. The Hall–Kier alpha value is -1.74. The number of rotatable bonds is 5. The van der Waals surface area contributed by atoms with Crippen LogP contribution in [0.3, 0.4) is 0 Å². The highest BCUT2D eigenvalue weighted by Gasteiger charge is 2.44. The molecule has 0 unspecified atom stereocenters. The van der Waals surface area contributed by atoms with E-state index in [0.29, 0.717) is 30.5 Å². The van der Waals surface area contributed by atoms with Crippen molar-refractivity contribution in [1.29, 1.82) is 0 Å². The number of nitrogens with zero attached hydrogens (tertiary/aromatic N) is 4. The summed E-state index contributed by atoms with van der Waals surface area (Å²) in [6, 6.07) is 7.33. The lowest BCUT2D eigenvalue weighted by molar-refractivity contribution is -0.0502. The van der Waals surface area contributed by atoms with Gasteiger partial charge in [-0.1, -0.05) is 26.0 Å². The van der Waals surface area contributed by atoms with Crippen LogP contribution in [0.1, 0.15) is 30.9 Å². The van der Waals surface area contributed by atoms with Crippen molar-refractivity contribution in [2.24, 2.45) is 7.05 Å². The van der Waals surface area contributed by atoms with Crippen molar-refractivity contribution >= 4 is 10.0 Å². The van der Waals surface area contributed by atoms with Crippen molar-refractivity contribution in [2.45, 2.75) is 43.4 Å². The molecule has 7 nitrogen and oxygen atoms in total. The van der Waals surface area contributed by atoms with Crippen LogP contribution >= 0.6 is 0 Å². The molecule has 0 bridgehead atoms. The summed E-state index contributed by atoms with van der Waals surface area (Å²) >= 11 is 0. The smallest absolute Gasteiger partial charge is 0.243 e. The first-order chi connectivity index (χ1) is 13.3. The standard InChI is InChI=1S/C20H28N4O3S/c1-15(2)17-4-6-18(7-5-17)28(25,26)24-13-19-20(14-24)27-9-8-23(19)12-16-10-21-22(3)11-16/h4-7,10-11,15,19-20H,8-9,12-14H2,1-3H3/t19-,20+/m1/s1. The number of sulfonamides is 1. The average molecular weight is 405 g/mol. The maximum absolute atomic E-state index is 13.2. The number of hydrogen-bond donors (Lipinski definition) is 0. The van der Waals surface area contributed by atoms with Crippen LogP contribution in [-0.2, 0) is 28.4 Å². The van der Waals surface area contributed by atoms with E-state index in [1.165, 1.54) is 0 Å². The molecule has 0 N–H and O–H groups in total. The molecule has 152 valence electrons. The van der Waals surface area contributed by atoms with Crippen LogP contribution in [0.25, 0.3) is 0 Å². The molecule has 0 spiro atoms. The van der Waals surface area contributed by atoms with Crippen molar-refractivity contribution in [3.8, 4) is 0 Å². The summed E-state index contributed by atoms with van der Waals surface area (Å²) < 4.78 is 35.6. The Balaban J connectivity index is 1.51. The minimum absolute atomic E-state index is 0.0682. The first-order valence-electron chi connectivity index (χ1n) is 9.78. The Morgan fingerprint density at radius 3 is 2.61 bits per heavy atom. The molecular weight excluding hydrogens is 376 g/mol. The SMILES string of the molecule is CC(C)c1ccc(S(=O)(=O)N2C[C@@H]3OCCN(Cc4cnn(C)c4)[C@@H]3C2)cc1. The van der Waals surface area contributed by atoms with Crippen molar-refractivity contribution < 1.29 is 13.2 Å². The predicted octanol–water partition coefficient (Wildman–Crippen LogP) is 1.82. The van der Waals surface area contributed by atoms with Crippen LogP contribution in [0.15, 0.2) is 41.6 Å². The minimum Gasteiger partial charge on any atom is -0.374 e. The van der Waals surface area contributed by atoms with Crippen LogP contribution < -0.4 is 0 Å². The molecule has 1 aromatic carbocycles. The number of aryl methyl sites for hydroxylation is 1. The lowest BCUT2D eigenvalue weighted by Gasteiger charge is -2.36. The molecule has 2 saturated heterocycles. The van der Waals surface area contributed by atoms with Crippen LogP contribution in [0.2, 0.25) is 0 Å². The Morgan fingerprint density at radius 2 is 1.96 bits per heavy atom. The molecule has 0 aliphatic carbocycles. The summed E-state index contributed by atoms with van der Waals surface area (Å²) in [7, 11) is -1.62. The van der Waals surface area contributed by atoms with Gasteiger partial charge in [0, 0.05) is 45.0 Å². The lowest BCUT2D eigenvalue weighted by atomic mass is 10.0. The second-order valence-electron chi connectivity index (χ2n) is 8.02. The molecule has 0 saturated carbocycles. The van der Waals surface area contributed by atoms with Gasteiger partial charge in [0.05, 0.1) is 29.8 Å². The summed E-state index contributed by atoms with van der Waals surface area (Å²) in [5, 5.41) is 4.23. The van der Waals surface area contributed by atoms with Gasteiger partial charge in [-0.15, -0.1) is 0 Å². The Kier molecular flexibility index (Phi) is 5.30. The Labute approximate surface area is 166 Å². The van der Waals surface area contributed by atoms with Crippen molar-refractivity contribution in [2.75, 3.05) is 26.2 Å². The van der Waals surface area contributed by atoms with E-state index in [4.69, 9.17) is 4.74 Å². The second kappa shape index (κ2) is 7.59. The van der Waals surface area contributed by atoms with Gasteiger partial charge in [-0.2, -0.15) is 9.40 Å². The number of ether oxygens (including phenoxy) is 1. The van der Waals surface area contributed by atoms with Crippen LogP contribution in [0, 0.1) is 0 Å². The van der Waals surface area contributed by atoms with Gasteiger partial charge in [-0.05, 0) is 23.6 Å². The molecule has 1 aromatic heterocycles. The zero-order chi connectivity index (χ0) is 19.9. The third-order valence-electron chi connectivity index (χ3n) is 5.71. The predicted molar refractivity (Wildman–Crippen MR) is 106 cm³/mol. The maximum atomic E-state index is 13.2. The van der Waals surface area contributed by atoms with E-state index in [1.54, 1.807) is 21.1 Å². The van der Waals surface area contributed by atoms with E-state index >= 15 is 0 Å². The third kappa shape index (κ3) is 3.74. The van der Waals surface area contributed by atoms with Gasteiger partial charge in [0.1, 0.15) is 0 Å². The van der Waals surface area contributed by atoms with Gasteiger partial charge in [0.15, 0.2) is 0 Å². The van der Waals surface area contributed by atoms with E-state index in [-0.39, 0.29) is 12.1 Å². The highest BCUT2D eigenvalue weighted by molar-refractivity contribution is 7.89. The zero-order valence-corrected chi connectivity index (χ0v) is 17.5. The molecule has 2 fully saturated rings. The molecule has 3 heterocycles. The van der Waals surface area contributed by atoms with Crippen molar-refractivity contribution in [1.82, 2.24) is 19.0 Å². The van der Waals surface area contributed by atoms with E-state index in [0.717, 1.165) is 24.2 Å². The topological polar surface area (TPSA) is 67.7 Å². The van der Waals surface area contributed by atoms with E-state index in [2.05, 4.69) is 23.8 Å². The van der Waals surface area contributed by atoms with Gasteiger partial charge < -0.3 is 4.74 Å². The first-order valence-corrected chi connectivity index (χ1v) is 11.2. The van der Waals surface area contributed by atoms with Crippen molar-refractivity contribution in [3.05, 3.63) is 47.8 Å². The van der Waals surface area contributed by atoms with Crippen LogP contribution in [-0.4, -0.2) is 65.8 Å². The summed E-state index contributed by atoms with van der Waals surface area (Å²) in [4.78, 5) is 2.68. The van der Waals surface area contributed by atoms with Gasteiger partial charge >= 0.3 is 0 Å². The molecule has 2 atom stereocenters. The van der Waals surface area contributed by atoms with E-state index < -0.39 is 10.0 Å². The Morgan fingerprint density at radius 1 is 1.21 bits per heavy atom. The van der Waals surface area contributed by atoms with Crippen molar-refractivity contribution in [3.63, 3.8) is 0 Å². The molecule has 4 rings (SSSR count). The number of aromatic nitrogens is 2. The van der Waals surface area contributed by atoms with E-state index in [9.17, 15) is 8.42 Å². The van der Waals surface area contributed by atoms with Gasteiger partial charge in [-0.3, -0.25) is 9.58 Å². The summed E-state index contributed by atoms with van der Waals surface area (Å²) in [6.07, 6.45) is 3.78. The number of morpholine rings is 1. The number of hydrogen-bond acceptors (Lipinski definition) is 5. The summed E-state index contributed by atoms with van der Waals surface area (Å²) in [6.45, 7) is 7.24. The largest absolute Gasteiger partial charge is 0.374 e. The summed E-state index contributed by atoms with van der Waals surface area (Å²) in [5.74, 6) is 0.376. The van der Waals surface area contributed by atoms with Crippen LogP contribution in [0.5, 0.6) is 0 Å². The molecule has 2 aliphatic heterocycles. The molecule has 2 aromatic rings. The summed E-state index contributed by atoms with van der Waals surface area (Å²) in [5.41, 5.74) is 2.27. The second-order valence-corrected chi connectivity index (χ2v) is 9.95. The number of benzene rings is 1. The molecule has 28 heavy (non-hydrogen) atoms. The fourth-order valence-electron chi connectivity index (χ4n) is 4.08. The molecule has 0 amide bonds. The van der Waals surface area contributed by atoms with Gasteiger partial charge in [0.2, 0.25) is 10.0 Å². The molecule has 8 heteroatoms. The quantitative estimate of drug-likeness (QED) is 0.760. The fraction of sp³-hybridized carbons (Fsp3) is 0.550. The highest BCUT2D eigenvalue weighted by Crippen LogP contribution is 2.29. The maximum Gasteiger partial charge on any atom is 0.243 e. The molecule has 0 radical (unpaired) electrons.